The number of ether oxygens (including phenoxy) is 1. The van der Waals surface area contributed by atoms with Crippen LogP contribution in [0.3, 0.4) is 0 Å². The number of aromatic nitrogens is 1. The van der Waals surface area contributed by atoms with E-state index in [9.17, 15) is 9.59 Å². The topological polar surface area (TPSA) is 68.3 Å². The van der Waals surface area contributed by atoms with Gasteiger partial charge in [0.25, 0.3) is 0 Å². The molecule has 0 aliphatic rings. The molecule has 5 heteroatoms. The molecule has 2 rings (SSSR count). The third-order valence-corrected chi connectivity index (χ3v) is 3.67. The number of carbonyl (C=O) groups is 2. The second kappa shape index (κ2) is 8.88. The van der Waals surface area contributed by atoms with Gasteiger partial charge in [-0.15, -0.1) is 0 Å². The number of pyridine rings is 1. The molecule has 1 heterocycles. The number of anilines is 1. The Hall–Kier alpha value is -2.43. The largest absolute Gasteiger partial charge is 0.469 e. The molecule has 0 atom stereocenters. The van der Waals surface area contributed by atoms with E-state index in [0.29, 0.717) is 12.8 Å². The van der Waals surface area contributed by atoms with Crippen LogP contribution in [0.4, 0.5) is 5.69 Å². The van der Waals surface area contributed by atoms with Crippen LogP contribution in [-0.4, -0.2) is 24.0 Å². The number of nitrogens with one attached hydrogen (secondary N) is 1. The van der Waals surface area contributed by atoms with E-state index < -0.39 is 0 Å². The van der Waals surface area contributed by atoms with Gasteiger partial charge in [0.1, 0.15) is 0 Å². The predicted octanol–water partition coefficient (Wildman–Crippen LogP) is 3.69. The van der Waals surface area contributed by atoms with E-state index in [2.05, 4.69) is 15.0 Å². The van der Waals surface area contributed by atoms with E-state index in [0.717, 1.165) is 42.3 Å². The Morgan fingerprint density at radius 2 is 1.78 bits per heavy atom. The summed E-state index contributed by atoms with van der Waals surface area (Å²) in [6.07, 6.45) is 6.12. The highest BCUT2D eigenvalue weighted by Crippen LogP contribution is 2.21. The normalized spacial score (nSPS) is 10.5. The van der Waals surface area contributed by atoms with Crippen LogP contribution in [0.5, 0.6) is 0 Å². The number of hydrogen-bond donors (Lipinski definition) is 1. The average molecular weight is 314 g/mol. The highest BCUT2D eigenvalue weighted by molar-refractivity contribution is 6.00. The van der Waals surface area contributed by atoms with Crippen LogP contribution in [0.25, 0.3) is 10.9 Å². The highest BCUT2D eigenvalue weighted by Gasteiger charge is 2.06. The molecule has 1 aromatic carbocycles. The van der Waals surface area contributed by atoms with Crippen molar-refractivity contribution < 1.29 is 14.3 Å². The van der Waals surface area contributed by atoms with Crippen LogP contribution in [0.1, 0.15) is 38.5 Å². The molecule has 0 bridgehead atoms. The fourth-order valence-electron chi connectivity index (χ4n) is 2.43. The summed E-state index contributed by atoms with van der Waals surface area (Å²) >= 11 is 0. The Morgan fingerprint density at radius 3 is 2.57 bits per heavy atom. The number of hydrogen-bond acceptors (Lipinski definition) is 4. The lowest BCUT2D eigenvalue weighted by Crippen LogP contribution is -2.11. The summed E-state index contributed by atoms with van der Waals surface area (Å²) in [5.74, 6) is -0.178. The number of rotatable bonds is 8. The summed E-state index contributed by atoms with van der Waals surface area (Å²) in [5, 5.41) is 3.94. The van der Waals surface area contributed by atoms with Crippen molar-refractivity contribution in [1.82, 2.24) is 4.98 Å². The molecular weight excluding hydrogens is 292 g/mol. The lowest BCUT2D eigenvalue weighted by atomic mass is 10.1. The van der Waals surface area contributed by atoms with E-state index in [1.165, 1.54) is 7.11 Å². The van der Waals surface area contributed by atoms with Crippen molar-refractivity contribution in [2.75, 3.05) is 12.4 Å². The molecule has 0 unspecified atom stereocenters. The minimum absolute atomic E-state index is 0.00359. The number of unbranched alkanes of at least 4 members (excludes halogenated alkanes) is 3. The molecule has 5 nitrogen and oxygen atoms in total. The summed E-state index contributed by atoms with van der Waals surface area (Å²) in [5.41, 5.74) is 1.56. The van der Waals surface area contributed by atoms with Gasteiger partial charge >= 0.3 is 5.97 Å². The molecule has 0 aliphatic carbocycles. The molecule has 1 amide bonds. The van der Waals surface area contributed by atoms with Gasteiger partial charge in [-0.3, -0.25) is 14.6 Å². The van der Waals surface area contributed by atoms with Crippen LogP contribution in [0.2, 0.25) is 0 Å². The van der Waals surface area contributed by atoms with Crippen molar-refractivity contribution in [2.45, 2.75) is 38.5 Å². The maximum Gasteiger partial charge on any atom is 0.305 e. The Balaban J connectivity index is 1.73. The first-order valence-electron chi connectivity index (χ1n) is 7.91. The van der Waals surface area contributed by atoms with Crippen LogP contribution >= 0.6 is 0 Å². The third-order valence-electron chi connectivity index (χ3n) is 3.67. The van der Waals surface area contributed by atoms with Gasteiger partial charge in [0.15, 0.2) is 0 Å². The Labute approximate surface area is 136 Å². The molecule has 23 heavy (non-hydrogen) atoms. The van der Waals surface area contributed by atoms with E-state index in [-0.39, 0.29) is 11.9 Å². The Kier molecular flexibility index (Phi) is 6.54. The average Bonchev–Trinajstić information content (AvgIpc) is 2.58. The zero-order chi connectivity index (χ0) is 16.5. The maximum atomic E-state index is 12.0. The number of benzene rings is 1. The molecule has 0 saturated carbocycles. The first-order chi connectivity index (χ1) is 11.2. The van der Waals surface area contributed by atoms with Gasteiger partial charge in [-0.25, -0.2) is 0 Å². The first kappa shape index (κ1) is 16.9. The molecule has 0 aliphatic heterocycles. The zero-order valence-electron chi connectivity index (χ0n) is 13.4. The van der Waals surface area contributed by atoms with Crippen molar-refractivity contribution in [3.63, 3.8) is 0 Å². The monoisotopic (exact) mass is 314 g/mol. The van der Waals surface area contributed by atoms with Crippen LogP contribution in [0.15, 0.2) is 36.5 Å². The van der Waals surface area contributed by atoms with Gasteiger partial charge in [-0.1, -0.05) is 31.0 Å². The van der Waals surface area contributed by atoms with Crippen molar-refractivity contribution in [3.8, 4) is 0 Å². The van der Waals surface area contributed by atoms with Crippen LogP contribution in [-0.2, 0) is 14.3 Å². The standard InChI is InChI=1S/C18H22N2O3/c1-23-17(22)12-5-3-2-4-11-16(21)20-15-10-6-8-14-9-7-13-19-18(14)15/h6-10,13H,2-5,11-12H2,1H3,(H,20,21). The van der Waals surface area contributed by atoms with Crippen molar-refractivity contribution in [2.24, 2.45) is 0 Å². The fraction of sp³-hybridized carbons (Fsp3) is 0.389. The molecular formula is C18H22N2O3. The molecule has 2 aromatic rings. The summed E-state index contributed by atoms with van der Waals surface area (Å²) in [7, 11) is 1.40. The van der Waals surface area contributed by atoms with Gasteiger partial charge in [-0.05, 0) is 25.0 Å². The van der Waals surface area contributed by atoms with E-state index in [4.69, 9.17) is 0 Å². The quantitative estimate of drug-likeness (QED) is 0.596. The number of fused-ring (bicyclic) bond motifs is 1. The number of amides is 1. The summed E-state index contributed by atoms with van der Waals surface area (Å²) in [6.45, 7) is 0. The first-order valence-corrected chi connectivity index (χ1v) is 7.91. The van der Waals surface area contributed by atoms with Gasteiger partial charge in [0.2, 0.25) is 5.91 Å². The molecule has 0 spiro atoms. The molecule has 0 fully saturated rings. The molecule has 1 aromatic heterocycles. The van der Waals surface area contributed by atoms with E-state index in [1.54, 1.807) is 6.20 Å². The van der Waals surface area contributed by atoms with Gasteiger partial charge < -0.3 is 10.1 Å². The third kappa shape index (κ3) is 5.36. The summed E-state index contributed by atoms with van der Waals surface area (Å²) in [6, 6.07) is 9.59. The summed E-state index contributed by atoms with van der Waals surface area (Å²) in [4.78, 5) is 27.3. The zero-order valence-corrected chi connectivity index (χ0v) is 13.4. The molecule has 0 radical (unpaired) electrons. The lowest BCUT2D eigenvalue weighted by molar-refractivity contribution is -0.140. The minimum atomic E-state index is -0.175. The predicted molar refractivity (Wildman–Crippen MR) is 90.1 cm³/mol. The smallest absolute Gasteiger partial charge is 0.305 e. The van der Waals surface area contributed by atoms with Crippen molar-refractivity contribution >= 4 is 28.5 Å². The fourth-order valence-corrected chi connectivity index (χ4v) is 2.43. The molecule has 1 N–H and O–H groups in total. The number of para-hydroxylation sites is 1. The molecule has 0 saturated heterocycles. The Morgan fingerprint density at radius 1 is 1.04 bits per heavy atom. The number of esters is 1. The lowest BCUT2D eigenvalue weighted by Gasteiger charge is -2.08. The van der Waals surface area contributed by atoms with Crippen molar-refractivity contribution in [1.29, 1.82) is 0 Å². The van der Waals surface area contributed by atoms with E-state index in [1.807, 2.05) is 30.3 Å². The van der Waals surface area contributed by atoms with Gasteiger partial charge in [0, 0.05) is 24.4 Å². The SMILES string of the molecule is COC(=O)CCCCCCC(=O)Nc1cccc2cccnc12. The van der Waals surface area contributed by atoms with E-state index >= 15 is 0 Å². The van der Waals surface area contributed by atoms with Gasteiger partial charge in [-0.2, -0.15) is 0 Å². The van der Waals surface area contributed by atoms with Crippen LogP contribution in [0, 0.1) is 0 Å². The second-order valence-electron chi connectivity index (χ2n) is 5.42. The number of nitrogens with zero attached hydrogens (tertiary/aromatic N) is 1. The highest BCUT2D eigenvalue weighted by atomic mass is 16.5. The van der Waals surface area contributed by atoms with Gasteiger partial charge in [0.05, 0.1) is 18.3 Å². The summed E-state index contributed by atoms with van der Waals surface area (Å²) < 4.78 is 4.59. The Bertz CT molecular complexity index is 665. The maximum absolute atomic E-state index is 12.0. The second-order valence-corrected chi connectivity index (χ2v) is 5.42. The number of carbonyl (C=O) groups excluding carboxylic acids is 2. The molecule has 122 valence electrons. The van der Waals surface area contributed by atoms with Crippen molar-refractivity contribution in [3.05, 3.63) is 36.5 Å². The van der Waals surface area contributed by atoms with Crippen LogP contribution < -0.4 is 5.32 Å². The number of methoxy groups -OCH3 is 1. The minimum Gasteiger partial charge on any atom is -0.469 e.